The van der Waals surface area contributed by atoms with Gasteiger partial charge in [-0.25, -0.2) is 13.8 Å². The Balaban J connectivity index is 1.57. The number of nitrogens with zero attached hydrogens (tertiary/aromatic N) is 4. The van der Waals surface area contributed by atoms with Gasteiger partial charge < -0.3 is 24.2 Å². The normalized spacial score (nSPS) is 19.7. The predicted molar refractivity (Wildman–Crippen MR) is 102 cm³/mol. The molecule has 8 nitrogen and oxygen atoms in total. The van der Waals surface area contributed by atoms with Gasteiger partial charge in [0.2, 0.25) is 11.8 Å². The number of aromatic amines is 1. The van der Waals surface area contributed by atoms with Crippen LogP contribution in [-0.4, -0.2) is 56.9 Å². The highest BCUT2D eigenvalue weighted by molar-refractivity contribution is 5.97. The van der Waals surface area contributed by atoms with Crippen LogP contribution in [0.5, 0.6) is 5.88 Å². The molecule has 4 aromatic heterocycles. The van der Waals surface area contributed by atoms with E-state index in [-0.39, 0.29) is 18.2 Å². The molecule has 1 aliphatic heterocycles. The third-order valence-corrected chi connectivity index (χ3v) is 5.05. The number of nitrogens with one attached hydrogen (secondary N) is 2. The molecule has 5 rings (SSSR count). The zero-order chi connectivity index (χ0) is 20.0. The number of halogens is 2. The first-order valence-electron chi connectivity index (χ1n) is 9.18. The molecule has 2 N–H and O–H groups in total. The molecule has 0 spiro atoms. The van der Waals surface area contributed by atoms with Crippen molar-refractivity contribution in [3.8, 4) is 17.0 Å². The predicted octanol–water partition coefficient (Wildman–Crippen LogP) is 2.96. The maximum absolute atomic E-state index is 14.4. The molecule has 0 aliphatic carbocycles. The van der Waals surface area contributed by atoms with Crippen LogP contribution in [0.25, 0.3) is 27.8 Å². The van der Waals surface area contributed by atoms with E-state index in [1.54, 1.807) is 23.0 Å². The summed E-state index contributed by atoms with van der Waals surface area (Å²) in [6, 6.07) is 0.977. The highest BCUT2D eigenvalue weighted by Crippen LogP contribution is 2.35. The van der Waals surface area contributed by atoms with Crippen molar-refractivity contribution in [2.75, 3.05) is 25.6 Å². The Bertz CT molecular complexity index is 1190. The molecule has 0 saturated carbocycles. The number of hydrogen-bond acceptors (Lipinski definition) is 6. The smallest absolute Gasteiger partial charge is 0.228 e. The number of aromatic nitrogens is 5. The van der Waals surface area contributed by atoms with Crippen molar-refractivity contribution in [3.63, 3.8) is 0 Å². The van der Waals surface area contributed by atoms with Gasteiger partial charge >= 0.3 is 0 Å². The zero-order valence-electron chi connectivity index (χ0n) is 15.5. The number of ether oxygens (including phenoxy) is 2. The number of fused-ring (bicyclic) bond motifs is 2. The molecule has 0 aromatic carbocycles. The van der Waals surface area contributed by atoms with E-state index >= 15 is 0 Å². The quantitative estimate of drug-likeness (QED) is 0.548. The number of rotatable bonds is 4. The fourth-order valence-electron chi connectivity index (χ4n) is 3.61. The van der Waals surface area contributed by atoms with E-state index in [0.29, 0.717) is 41.1 Å². The van der Waals surface area contributed by atoms with Crippen LogP contribution in [0, 0.1) is 5.82 Å². The van der Waals surface area contributed by atoms with Gasteiger partial charge in [0.25, 0.3) is 0 Å². The molecule has 1 saturated heterocycles. The molecule has 150 valence electrons. The first-order chi connectivity index (χ1) is 14.1. The topological polar surface area (TPSA) is 89.4 Å². The standard InChI is InChI=1S/C19H18F2N6O2/c1-28-18-15-11(10-6-12(20)17-22-3-4-27(17)8-10)7-23-16(15)25-19(26-18)24-14-2-5-29-9-13(14)21/h3-4,6-8,13-14H,2,5,9H2,1H3,(H2,23,24,25,26)/t13-,14?/m1/s1. The van der Waals surface area contributed by atoms with Gasteiger partial charge in [-0.1, -0.05) is 0 Å². The Morgan fingerprint density at radius 3 is 3.10 bits per heavy atom. The SMILES string of the molecule is COc1nc(NC2CCOC[C@H]2F)nc2[nH]cc(-c3cc(F)c4nccn4c3)c12. The average Bonchev–Trinajstić information content (AvgIpc) is 3.36. The fraction of sp³-hybridized carbons (Fsp3) is 0.316. The molecule has 0 radical (unpaired) electrons. The summed E-state index contributed by atoms with van der Waals surface area (Å²) in [6.45, 7) is 0.526. The number of methoxy groups -OCH3 is 1. The summed E-state index contributed by atoms with van der Waals surface area (Å²) < 4.78 is 40.7. The number of H-pyrrole nitrogens is 1. The van der Waals surface area contributed by atoms with E-state index in [1.165, 1.54) is 19.4 Å². The molecular formula is C19H18F2N6O2. The number of imidazole rings is 1. The molecule has 29 heavy (non-hydrogen) atoms. The van der Waals surface area contributed by atoms with Crippen LogP contribution in [-0.2, 0) is 4.74 Å². The second-order valence-corrected chi connectivity index (χ2v) is 6.85. The van der Waals surface area contributed by atoms with Crippen LogP contribution < -0.4 is 10.1 Å². The number of anilines is 1. The fourth-order valence-corrected chi connectivity index (χ4v) is 3.61. The first-order valence-corrected chi connectivity index (χ1v) is 9.18. The molecule has 2 atom stereocenters. The van der Waals surface area contributed by atoms with E-state index in [1.807, 2.05) is 0 Å². The minimum atomic E-state index is -1.14. The molecule has 4 aromatic rings. The van der Waals surface area contributed by atoms with Gasteiger partial charge in [0.05, 0.1) is 25.1 Å². The van der Waals surface area contributed by atoms with Crippen molar-refractivity contribution >= 4 is 22.6 Å². The van der Waals surface area contributed by atoms with Gasteiger partial charge in [-0.05, 0) is 12.5 Å². The van der Waals surface area contributed by atoms with E-state index in [9.17, 15) is 8.78 Å². The van der Waals surface area contributed by atoms with Gasteiger partial charge in [-0.3, -0.25) is 0 Å². The molecule has 1 aliphatic rings. The Morgan fingerprint density at radius 1 is 1.38 bits per heavy atom. The van der Waals surface area contributed by atoms with Crippen LogP contribution >= 0.6 is 0 Å². The van der Waals surface area contributed by atoms with Crippen LogP contribution in [0.15, 0.2) is 30.9 Å². The minimum absolute atomic E-state index is 0.0476. The highest BCUT2D eigenvalue weighted by atomic mass is 19.1. The first kappa shape index (κ1) is 17.8. The lowest BCUT2D eigenvalue weighted by atomic mass is 10.1. The summed E-state index contributed by atoms with van der Waals surface area (Å²) in [7, 11) is 1.49. The number of hydrogen-bond donors (Lipinski definition) is 2. The summed E-state index contributed by atoms with van der Waals surface area (Å²) in [5.41, 5.74) is 2.06. The van der Waals surface area contributed by atoms with Crippen molar-refractivity contribution in [1.29, 1.82) is 0 Å². The third kappa shape index (κ3) is 3.05. The molecule has 0 bridgehead atoms. The highest BCUT2D eigenvalue weighted by Gasteiger charge is 2.27. The lowest BCUT2D eigenvalue weighted by molar-refractivity contribution is 0.0284. The van der Waals surface area contributed by atoms with E-state index < -0.39 is 18.0 Å². The lowest BCUT2D eigenvalue weighted by Gasteiger charge is -2.26. The maximum atomic E-state index is 14.4. The molecule has 10 heteroatoms. The molecule has 0 amide bonds. The lowest BCUT2D eigenvalue weighted by Crippen LogP contribution is -2.39. The molecule has 1 fully saturated rings. The zero-order valence-corrected chi connectivity index (χ0v) is 15.5. The molecule has 5 heterocycles. The van der Waals surface area contributed by atoms with Gasteiger partial charge in [-0.15, -0.1) is 0 Å². The number of alkyl halides is 1. The Kier molecular flexibility index (Phi) is 4.27. The van der Waals surface area contributed by atoms with Crippen LogP contribution in [0.2, 0.25) is 0 Å². The second kappa shape index (κ2) is 6.96. The molecule has 1 unspecified atom stereocenters. The van der Waals surface area contributed by atoms with E-state index in [0.717, 1.165) is 0 Å². The Labute approximate surface area is 163 Å². The van der Waals surface area contributed by atoms with Crippen LogP contribution in [0.4, 0.5) is 14.7 Å². The van der Waals surface area contributed by atoms with Gasteiger partial charge in [0, 0.05) is 42.5 Å². The minimum Gasteiger partial charge on any atom is -0.480 e. The summed E-state index contributed by atoms with van der Waals surface area (Å²) in [6.07, 6.45) is 6.08. The van der Waals surface area contributed by atoms with Crippen molar-refractivity contribution in [2.24, 2.45) is 0 Å². The Hall–Kier alpha value is -3.27. The van der Waals surface area contributed by atoms with Gasteiger partial charge in [0.15, 0.2) is 11.5 Å². The Morgan fingerprint density at radius 2 is 2.28 bits per heavy atom. The van der Waals surface area contributed by atoms with Gasteiger partial charge in [-0.2, -0.15) is 9.97 Å². The van der Waals surface area contributed by atoms with Crippen molar-refractivity contribution in [3.05, 3.63) is 36.7 Å². The maximum Gasteiger partial charge on any atom is 0.228 e. The van der Waals surface area contributed by atoms with Crippen molar-refractivity contribution in [1.82, 2.24) is 24.3 Å². The monoisotopic (exact) mass is 400 g/mol. The van der Waals surface area contributed by atoms with Crippen LogP contribution in [0.3, 0.4) is 0 Å². The van der Waals surface area contributed by atoms with E-state index in [4.69, 9.17) is 9.47 Å². The largest absolute Gasteiger partial charge is 0.480 e. The van der Waals surface area contributed by atoms with Crippen molar-refractivity contribution in [2.45, 2.75) is 18.6 Å². The third-order valence-electron chi connectivity index (χ3n) is 5.05. The van der Waals surface area contributed by atoms with Crippen LogP contribution in [0.1, 0.15) is 6.42 Å². The van der Waals surface area contributed by atoms with Crippen molar-refractivity contribution < 1.29 is 18.3 Å². The van der Waals surface area contributed by atoms with E-state index in [2.05, 4.69) is 25.3 Å². The molecular weight excluding hydrogens is 382 g/mol. The average molecular weight is 400 g/mol. The summed E-state index contributed by atoms with van der Waals surface area (Å²) in [4.78, 5) is 15.9. The summed E-state index contributed by atoms with van der Waals surface area (Å²) in [5.74, 6) is 0.129. The summed E-state index contributed by atoms with van der Waals surface area (Å²) in [5, 5.41) is 3.64. The second-order valence-electron chi connectivity index (χ2n) is 6.85. The van der Waals surface area contributed by atoms with Gasteiger partial charge in [0.1, 0.15) is 11.8 Å². The summed E-state index contributed by atoms with van der Waals surface area (Å²) >= 11 is 0. The number of pyridine rings is 1.